The third kappa shape index (κ3) is 3.16. The first-order valence-electron chi connectivity index (χ1n) is 6.57. The molecule has 0 aromatic heterocycles. The van der Waals surface area contributed by atoms with Crippen LogP contribution in [-0.4, -0.2) is 56.8 Å². The van der Waals surface area contributed by atoms with Crippen LogP contribution < -0.4 is 0 Å². The van der Waals surface area contributed by atoms with Gasteiger partial charge in [0.15, 0.2) is 9.84 Å². The topological polar surface area (TPSA) is 109 Å². The van der Waals surface area contributed by atoms with Gasteiger partial charge in [-0.1, -0.05) is 6.07 Å². The number of sulfone groups is 1. The van der Waals surface area contributed by atoms with E-state index in [2.05, 4.69) is 0 Å². The second-order valence-electron chi connectivity index (χ2n) is 5.36. The molecule has 0 saturated carbocycles. The maximum absolute atomic E-state index is 12.6. The van der Waals surface area contributed by atoms with Gasteiger partial charge in [0.25, 0.3) is 0 Å². The Balaban J connectivity index is 2.38. The maximum atomic E-state index is 12.6. The molecule has 7 nitrogen and oxygen atoms in total. The first-order valence-corrected chi connectivity index (χ1v) is 9.83. The molecule has 1 heterocycles. The average Bonchev–Trinajstić information content (AvgIpc) is 2.78. The fourth-order valence-corrected chi connectivity index (χ4v) is 5.70. The van der Waals surface area contributed by atoms with Crippen molar-refractivity contribution >= 4 is 25.8 Å². The lowest BCUT2D eigenvalue weighted by atomic mass is 10.1. The van der Waals surface area contributed by atoms with Crippen molar-refractivity contribution in [2.45, 2.75) is 24.3 Å². The molecule has 1 N–H and O–H groups in total. The van der Waals surface area contributed by atoms with Gasteiger partial charge in [-0.15, -0.1) is 0 Å². The maximum Gasteiger partial charge on any atom is 0.335 e. The van der Waals surface area contributed by atoms with E-state index in [1.807, 2.05) is 0 Å². The van der Waals surface area contributed by atoms with Crippen LogP contribution >= 0.6 is 0 Å². The Kier molecular flexibility index (Phi) is 4.33. The predicted octanol–water partition coefficient (Wildman–Crippen LogP) is 0.501. The van der Waals surface area contributed by atoms with E-state index in [4.69, 9.17) is 5.11 Å². The molecule has 9 heteroatoms. The number of hydrogen-bond donors (Lipinski definition) is 1. The minimum absolute atomic E-state index is 0.0359. The highest BCUT2D eigenvalue weighted by molar-refractivity contribution is 7.92. The van der Waals surface area contributed by atoms with Gasteiger partial charge in [-0.05, 0) is 31.0 Å². The fraction of sp³-hybridized carbons (Fsp3) is 0.462. The number of carboxylic acids is 1. The molecule has 1 aromatic carbocycles. The number of sulfonamides is 1. The fourth-order valence-electron chi connectivity index (χ4n) is 2.42. The van der Waals surface area contributed by atoms with Crippen molar-refractivity contribution < 1.29 is 26.7 Å². The lowest BCUT2D eigenvalue weighted by Crippen LogP contribution is -2.37. The summed E-state index contributed by atoms with van der Waals surface area (Å²) in [6, 6.07) is 3.24. The summed E-state index contributed by atoms with van der Waals surface area (Å²) < 4.78 is 49.1. The Morgan fingerprint density at radius 3 is 2.50 bits per heavy atom. The highest BCUT2D eigenvalue weighted by Crippen LogP contribution is 2.24. The van der Waals surface area contributed by atoms with E-state index in [9.17, 15) is 21.6 Å². The van der Waals surface area contributed by atoms with Gasteiger partial charge >= 0.3 is 5.97 Å². The molecule has 0 aliphatic carbocycles. The second kappa shape index (κ2) is 5.64. The summed E-state index contributed by atoms with van der Waals surface area (Å²) in [6.45, 7) is 1.58. The zero-order chi connectivity index (χ0) is 16.7. The van der Waals surface area contributed by atoms with Gasteiger partial charge in [-0.2, -0.15) is 4.31 Å². The van der Waals surface area contributed by atoms with Crippen LogP contribution in [0.25, 0.3) is 0 Å². The van der Waals surface area contributed by atoms with Gasteiger partial charge in [0, 0.05) is 13.1 Å². The Morgan fingerprint density at radius 2 is 2.00 bits per heavy atom. The first kappa shape index (κ1) is 16.9. The second-order valence-corrected chi connectivity index (χ2v) is 9.59. The molecular formula is C13H17NO6S2. The van der Waals surface area contributed by atoms with E-state index in [1.54, 1.807) is 6.92 Å². The highest BCUT2D eigenvalue weighted by atomic mass is 32.2. The lowest BCUT2D eigenvalue weighted by Gasteiger charge is -2.23. The van der Waals surface area contributed by atoms with Crippen molar-refractivity contribution in [2.75, 3.05) is 18.6 Å². The van der Waals surface area contributed by atoms with Crippen molar-refractivity contribution in [2.24, 2.45) is 0 Å². The lowest BCUT2D eigenvalue weighted by molar-refractivity contribution is 0.0696. The third-order valence-corrected chi connectivity index (χ3v) is 7.50. The number of aromatic carboxylic acids is 1. The van der Waals surface area contributed by atoms with Crippen molar-refractivity contribution in [3.05, 3.63) is 29.3 Å². The Morgan fingerprint density at radius 1 is 1.36 bits per heavy atom. The standard InChI is InChI=1S/C13H17NO6S2/c1-9-3-4-11(7-12(9)13(15)16)22(19,20)14(2)10-5-6-21(17,18)8-10/h3-4,7,10H,5-6,8H2,1-2H3,(H,15,16)/t10-/m0/s1. The molecule has 1 aliphatic rings. The van der Waals surface area contributed by atoms with E-state index in [-0.39, 0.29) is 28.4 Å². The van der Waals surface area contributed by atoms with Crippen molar-refractivity contribution in [1.29, 1.82) is 0 Å². The largest absolute Gasteiger partial charge is 0.478 e. The number of hydrogen-bond acceptors (Lipinski definition) is 5. The minimum atomic E-state index is -3.94. The third-order valence-electron chi connectivity index (χ3n) is 3.84. The molecule has 22 heavy (non-hydrogen) atoms. The van der Waals surface area contributed by atoms with Crippen molar-refractivity contribution in [3.8, 4) is 0 Å². The summed E-state index contributed by atoms with van der Waals surface area (Å²) in [4.78, 5) is 11.0. The van der Waals surface area contributed by atoms with Crippen molar-refractivity contribution in [3.63, 3.8) is 0 Å². The highest BCUT2D eigenvalue weighted by Gasteiger charge is 2.36. The summed E-state index contributed by atoms with van der Waals surface area (Å²) in [6.07, 6.45) is 0.246. The molecular weight excluding hydrogens is 330 g/mol. The number of aryl methyl sites for hydroxylation is 1. The van der Waals surface area contributed by atoms with Gasteiger partial charge in [0.2, 0.25) is 10.0 Å². The summed E-state index contributed by atoms with van der Waals surface area (Å²) in [5, 5.41) is 9.09. The summed E-state index contributed by atoms with van der Waals surface area (Å²) in [7, 11) is -5.83. The quantitative estimate of drug-likeness (QED) is 0.849. The molecule has 0 amide bonds. The molecule has 0 unspecified atom stereocenters. The van der Waals surface area contributed by atoms with Crippen LogP contribution in [0.4, 0.5) is 0 Å². The van der Waals surface area contributed by atoms with Gasteiger partial charge < -0.3 is 5.11 Å². The van der Waals surface area contributed by atoms with Crippen LogP contribution in [0.2, 0.25) is 0 Å². The van der Waals surface area contributed by atoms with Crippen LogP contribution in [0.3, 0.4) is 0 Å². The van der Waals surface area contributed by atoms with Crippen LogP contribution in [0.15, 0.2) is 23.1 Å². The molecule has 1 fully saturated rings. The smallest absolute Gasteiger partial charge is 0.335 e. The SMILES string of the molecule is Cc1ccc(S(=O)(=O)N(C)[C@H]2CCS(=O)(=O)C2)cc1C(=O)O. The Labute approximate surface area is 129 Å². The summed E-state index contributed by atoms with van der Waals surface area (Å²) in [5.74, 6) is -1.45. The normalized spacial score (nSPS) is 21.1. The summed E-state index contributed by atoms with van der Waals surface area (Å²) in [5.41, 5.74) is 0.367. The van der Waals surface area contributed by atoms with Crippen LogP contribution in [0.5, 0.6) is 0 Å². The van der Waals surface area contributed by atoms with Crippen LogP contribution in [0.1, 0.15) is 22.3 Å². The number of rotatable bonds is 4. The molecule has 0 radical (unpaired) electrons. The molecule has 0 spiro atoms. The monoisotopic (exact) mass is 347 g/mol. The van der Waals surface area contributed by atoms with E-state index in [1.165, 1.54) is 19.2 Å². The summed E-state index contributed by atoms with van der Waals surface area (Å²) >= 11 is 0. The first-order chi connectivity index (χ1) is 10.0. The zero-order valence-corrected chi connectivity index (χ0v) is 13.8. The number of nitrogens with zero attached hydrogens (tertiary/aromatic N) is 1. The van der Waals surface area contributed by atoms with Gasteiger partial charge in [0.05, 0.1) is 22.0 Å². The molecule has 2 rings (SSSR count). The van der Waals surface area contributed by atoms with Gasteiger partial charge in [0.1, 0.15) is 0 Å². The molecule has 1 atom stereocenters. The van der Waals surface area contributed by atoms with Gasteiger partial charge in [-0.25, -0.2) is 21.6 Å². The van der Waals surface area contributed by atoms with E-state index in [0.717, 1.165) is 10.4 Å². The van der Waals surface area contributed by atoms with Gasteiger partial charge in [-0.3, -0.25) is 0 Å². The predicted molar refractivity (Wildman–Crippen MR) is 80.1 cm³/mol. The number of carboxylic acid groups (broad SMARTS) is 1. The number of benzene rings is 1. The van der Waals surface area contributed by atoms with E-state index < -0.39 is 31.9 Å². The minimum Gasteiger partial charge on any atom is -0.478 e. The van der Waals surface area contributed by atoms with Crippen LogP contribution in [-0.2, 0) is 19.9 Å². The molecule has 1 aliphatic heterocycles. The Hall–Kier alpha value is -1.45. The molecule has 1 saturated heterocycles. The molecule has 0 bridgehead atoms. The van der Waals surface area contributed by atoms with E-state index in [0.29, 0.717) is 5.56 Å². The van der Waals surface area contributed by atoms with Crippen LogP contribution in [0, 0.1) is 6.92 Å². The molecule has 122 valence electrons. The number of carbonyl (C=O) groups is 1. The van der Waals surface area contributed by atoms with E-state index >= 15 is 0 Å². The average molecular weight is 347 g/mol. The zero-order valence-electron chi connectivity index (χ0n) is 12.2. The van der Waals surface area contributed by atoms with Crippen molar-refractivity contribution in [1.82, 2.24) is 4.31 Å². The molecule has 1 aromatic rings. The Bertz CT molecular complexity index is 813.